The molecule has 0 spiro atoms. The van der Waals surface area contributed by atoms with Crippen LogP contribution in [-0.2, 0) is 19.7 Å². The highest BCUT2D eigenvalue weighted by molar-refractivity contribution is 7.94. The van der Waals surface area contributed by atoms with E-state index in [2.05, 4.69) is 5.32 Å². The van der Waals surface area contributed by atoms with Crippen molar-refractivity contribution < 1.29 is 16.8 Å². The molecule has 0 saturated carbocycles. The summed E-state index contributed by atoms with van der Waals surface area (Å²) in [5.74, 6) is -0.588. The Morgan fingerprint density at radius 2 is 1.67 bits per heavy atom. The SMILES string of the molecule is CCC(CS(=O)(=O)CCS(C)(=O)=O)NC. The Kier molecular flexibility index (Phi) is 5.76. The first kappa shape index (κ1) is 14.9. The minimum atomic E-state index is -3.28. The van der Waals surface area contributed by atoms with Gasteiger partial charge in [-0.25, -0.2) is 16.8 Å². The third-order valence-corrected chi connectivity index (χ3v) is 5.06. The van der Waals surface area contributed by atoms with Gasteiger partial charge >= 0.3 is 0 Å². The fraction of sp³-hybridized carbons (Fsp3) is 1.00. The summed E-state index contributed by atoms with van der Waals surface area (Å²) in [6, 6.07) is -0.102. The van der Waals surface area contributed by atoms with Gasteiger partial charge in [0.25, 0.3) is 0 Å². The highest BCUT2D eigenvalue weighted by atomic mass is 32.2. The van der Waals surface area contributed by atoms with Crippen LogP contribution in [0.4, 0.5) is 0 Å². The number of rotatable bonds is 7. The maximum atomic E-state index is 11.5. The Balaban J connectivity index is 4.32. The molecule has 0 aromatic carbocycles. The zero-order valence-corrected chi connectivity index (χ0v) is 11.0. The Labute approximate surface area is 92.1 Å². The molecule has 0 heterocycles. The molecule has 0 aliphatic heterocycles. The average molecular weight is 257 g/mol. The topological polar surface area (TPSA) is 80.3 Å². The van der Waals surface area contributed by atoms with E-state index in [9.17, 15) is 16.8 Å². The van der Waals surface area contributed by atoms with E-state index in [1.54, 1.807) is 7.05 Å². The van der Waals surface area contributed by atoms with E-state index in [0.717, 1.165) is 6.26 Å². The molecule has 0 aliphatic carbocycles. The van der Waals surface area contributed by atoms with E-state index in [4.69, 9.17) is 0 Å². The van der Waals surface area contributed by atoms with Crippen molar-refractivity contribution >= 4 is 19.7 Å². The van der Waals surface area contributed by atoms with E-state index in [1.165, 1.54) is 0 Å². The van der Waals surface area contributed by atoms with Crippen molar-refractivity contribution in [3.8, 4) is 0 Å². The van der Waals surface area contributed by atoms with Crippen LogP contribution in [0.15, 0.2) is 0 Å². The van der Waals surface area contributed by atoms with Crippen LogP contribution in [0, 0.1) is 0 Å². The summed E-state index contributed by atoms with van der Waals surface area (Å²) in [7, 11) is -4.79. The standard InChI is InChI=1S/C8H19NO4S2/c1-4-8(9-2)7-15(12,13)6-5-14(3,10)11/h8-9H,4-7H2,1-3H3. The molecule has 0 fully saturated rings. The highest BCUT2D eigenvalue weighted by Crippen LogP contribution is 2.00. The molecule has 0 bridgehead atoms. The van der Waals surface area contributed by atoms with Crippen LogP contribution in [0.25, 0.3) is 0 Å². The summed E-state index contributed by atoms with van der Waals surface area (Å²) >= 11 is 0. The molecule has 7 heteroatoms. The molecule has 0 aromatic rings. The zero-order valence-electron chi connectivity index (χ0n) is 9.36. The van der Waals surface area contributed by atoms with Gasteiger partial charge in [0.2, 0.25) is 0 Å². The van der Waals surface area contributed by atoms with Gasteiger partial charge in [-0.1, -0.05) is 6.92 Å². The molecule has 5 nitrogen and oxygen atoms in total. The largest absolute Gasteiger partial charge is 0.316 e. The molecule has 15 heavy (non-hydrogen) atoms. The van der Waals surface area contributed by atoms with Crippen LogP contribution in [0.1, 0.15) is 13.3 Å². The van der Waals surface area contributed by atoms with E-state index >= 15 is 0 Å². The van der Waals surface area contributed by atoms with Crippen molar-refractivity contribution in [1.29, 1.82) is 0 Å². The minimum Gasteiger partial charge on any atom is -0.316 e. The van der Waals surface area contributed by atoms with Crippen molar-refractivity contribution in [3.05, 3.63) is 0 Å². The second kappa shape index (κ2) is 5.81. The summed E-state index contributed by atoms with van der Waals surface area (Å²) in [5.41, 5.74) is 0. The van der Waals surface area contributed by atoms with Crippen molar-refractivity contribution in [2.45, 2.75) is 19.4 Å². The summed E-state index contributed by atoms with van der Waals surface area (Å²) in [5, 5.41) is 2.88. The Morgan fingerprint density at radius 3 is 2.00 bits per heavy atom. The van der Waals surface area contributed by atoms with Crippen LogP contribution in [-0.4, -0.2) is 53.4 Å². The Morgan fingerprint density at radius 1 is 1.13 bits per heavy atom. The summed E-state index contributed by atoms with van der Waals surface area (Å²) < 4.78 is 44.6. The highest BCUT2D eigenvalue weighted by Gasteiger charge is 2.18. The van der Waals surface area contributed by atoms with Gasteiger partial charge in [0.05, 0.1) is 17.3 Å². The fourth-order valence-corrected chi connectivity index (χ4v) is 4.48. The van der Waals surface area contributed by atoms with Gasteiger partial charge in [-0.15, -0.1) is 0 Å². The molecule has 0 radical (unpaired) electrons. The smallest absolute Gasteiger partial charge is 0.152 e. The number of hydrogen-bond donors (Lipinski definition) is 1. The summed E-state index contributed by atoms with van der Waals surface area (Å²) in [6.07, 6.45) is 1.74. The van der Waals surface area contributed by atoms with Gasteiger partial charge in [-0.05, 0) is 13.5 Å². The second-order valence-electron chi connectivity index (χ2n) is 3.64. The number of sulfone groups is 2. The van der Waals surface area contributed by atoms with Gasteiger partial charge in [0.1, 0.15) is 9.84 Å². The van der Waals surface area contributed by atoms with Crippen LogP contribution in [0.2, 0.25) is 0 Å². The van der Waals surface area contributed by atoms with Gasteiger partial charge in [-0.2, -0.15) is 0 Å². The predicted molar refractivity (Wildman–Crippen MR) is 61.5 cm³/mol. The van der Waals surface area contributed by atoms with E-state index in [1.807, 2.05) is 6.92 Å². The van der Waals surface area contributed by atoms with Gasteiger partial charge in [0, 0.05) is 12.3 Å². The maximum absolute atomic E-state index is 11.5. The van der Waals surface area contributed by atoms with Crippen molar-refractivity contribution in [2.75, 3.05) is 30.6 Å². The molecule has 0 aromatic heterocycles. The Hall–Kier alpha value is -0.140. The van der Waals surface area contributed by atoms with Gasteiger partial charge in [-0.3, -0.25) is 0 Å². The van der Waals surface area contributed by atoms with Crippen LogP contribution in [0.5, 0.6) is 0 Å². The predicted octanol–water partition coefficient (Wildman–Crippen LogP) is -0.556. The van der Waals surface area contributed by atoms with Crippen LogP contribution < -0.4 is 5.32 Å². The third-order valence-electron chi connectivity index (χ3n) is 2.12. The second-order valence-corrected chi connectivity index (χ2v) is 8.13. The molecule has 0 saturated heterocycles. The average Bonchev–Trinajstić information content (AvgIpc) is 2.10. The first-order valence-electron chi connectivity index (χ1n) is 4.75. The zero-order chi connectivity index (χ0) is 12.1. The lowest BCUT2D eigenvalue weighted by molar-refractivity contribution is 0.555. The molecular formula is C8H19NO4S2. The third kappa shape index (κ3) is 7.75. The van der Waals surface area contributed by atoms with E-state index < -0.39 is 19.7 Å². The molecule has 0 aliphatic rings. The van der Waals surface area contributed by atoms with Crippen LogP contribution >= 0.6 is 0 Å². The maximum Gasteiger partial charge on any atom is 0.152 e. The lowest BCUT2D eigenvalue weighted by atomic mass is 10.3. The molecular weight excluding hydrogens is 238 g/mol. The minimum absolute atomic E-state index is 0.00444. The molecule has 1 atom stereocenters. The Bertz CT molecular complexity index is 367. The molecule has 0 amide bonds. The first-order chi connectivity index (χ1) is 6.70. The lowest BCUT2D eigenvalue weighted by Crippen LogP contribution is -2.34. The number of nitrogens with one attached hydrogen (secondary N) is 1. The quantitative estimate of drug-likeness (QED) is 0.661. The first-order valence-corrected chi connectivity index (χ1v) is 8.64. The fourth-order valence-electron chi connectivity index (χ4n) is 1.07. The summed E-state index contributed by atoms with van der Waals surface area (Å²) in [4.78, 5) is 0. The number of hydrogen-bond acceptors (Lipinski definition) is 5. The monoisotopic (exact) mass is 257 g/mol. The van der Waals surface area contributed by atoms with Gasteiger partial charge in [0.15, 0.2) is 9.84 Å². The van der Waals surface area contributed by atoms with Crippen molar-refractivity contribution in [1.82, 2.24) is 5.32 Å². The summed E-state index contributed by atoms with van der Waals surface area (Å²) in [6.45, 7) is 1.88. The normalized spacial score (nSPS) is 15.1. The van der Waals surface area contributed by atoms with Crippen molar-refractivity contribution in [2.24, 2.45) is 0 Å². The van der Waals surface area contributed by atoms with E-state index in [0.29, 0.717) is 6.42 Å². The van der Waals surface area contributed by atoms with Crippen LogP contribution in [0.3, 0.4) is 0 Å². The van der Waals surface area contributed by atoms with E-state index in [-0.39, 0.29) is 23.3 Å². The molecule has 1 N–H and O–H groups in total. The molecule has 1 unspecified atom stereocenters. The van der Waals surface area contributed by atoms with Gasteiger partial charge < -0.3 is 5.32 Å². The molecule has 0 rings (SSSR count). The molecule has 92 valence electrons. The van der Waals surface area contributed by atoms with Crippen molar-refractivity contribution in [3.63, 3.8) is 0 Å². The lowest BCUT2D eigenvalue weighted by Gasteiger charge is -2.13.